The van der Waals surface area contributed by atoms with Gasteiger partial charge in [0.1, 0.15) is 0 Å². The molecule has 1 heterocycles. The molecule has 1 heteroatoms. The predicted molar refractivity (Wildman–Crippen MR) is 218 cm³/mol. The summed E-state index contributed by atoms with van der Waals surface area (Å²) in [5, 5.41) is 7.60. The molecule has 0 aliphatic rings. The molecule has 9 aromatic carbocycles. The third-order valence-corrected chi connectivity index (χ3v) is 10.4. The predicted octanol–water partition coefficient (Wildman–Crippen LogP) is 13.8. The summed E-state index contributed by atoms with van der Waals surface area (Å²) in [5.41, 5.74) is 13.5. The minimum absolute atomic E-state index is 1.16. The van der Waals surface area contributed by atoms with Crippen LogP contribution in [0.4, 0.5) is 0 Å². The summed E-state index contributed by atoms with van der Waals surface area (Å²) in [6.07, 6.45) is 0. The fourth-order valence-electron chi connectivity index (χ4n) is 8.04. The second-order valence-corrected chi connectivity index (χ2v) is 13.3. The molecule has 10 rings (SSSR count). The van der Waals surface area contributed by atoms with Crippen LogP contribution in [0.5, 0.6) is 0 Å². The average molecular weight is 648 g/mol. The van der Waals surface area contributed by atoms with Crippen molar-refractivity contribution in [3.8, 4) is 50.2 Å². The lowest BCUT2D eigenvalue weighted by Crippen LogP contribution is -1.94. The van der Waals surface area contributed by atoms with E-state index in [1.165, 1.54) is 87.9 Å². The van der Waals surface area contributed by atoms with E-state index in [2.05, 4.69) is 205 Å². The Balaban J connectivity index is 1.07. The second-order valence-electron chi connectivity index (χ2n) is 13.3. The van der Waals surface area contributed by atoms with E-state index >= 15 is 0 Å². The minimum atomic E-state index is 1.16. The lowest BCUT2D eigenvalue weighted by molar-refractivity contribution is 1.18. The molecule has 0 radical (unpaired) electrons. The zero-order valence-electron chi connectivity index (χ0n) is 28.0. The SMILES string of the molecule is c1ccc(-c2ccc(-c3ccc(-c4c5ccccc5c(-c5ccc(-n6c7ccccc7c7ccccc76)cc5)c5ccccc45)cc3)cc2)cc1. The van der Waals surface area contributed by atoms with E-state index in [0.717, 1.165) is 5.69 Å². The van der Waals surface area contributed by atoms with Crippen molar-refractivity contribution in [1.29, 1.82) is 0 Å². The molecule has 238 valence electrons. The molecule has 10 aromatic rings. The third kappa shape index (κ3) is 4.86. The lowest BCUT2D eigenvalue weighted by Gasteiger charge is -2.18. The molecule has 0 fully saturated rings. The highest BCUT2D eigenvalue weighted by atomic mass is 15.0. The van der Waals surface area contributed by atoms with Crippen molar-refractivity contribution >= 4 is 43.4 Å². The third-order valence-electron chi connectivity index (χ3n) is 10.4. The average Bonchev–Trinajstić information content (AvgIpc) is 3.55. The Labute approximate surface area is 297 Å². The monoisotopic (exact) mass is 647 g/mol. The van der Waals surface area contributed by atoms with Gasteiger partial charge in [0.15, 0.2) is 0 Å². The molecule has 1 aromatic heterocycles. The number of benzene rings is 9. The number of hydrogen-bond acceptors (Lipinski definition) is 0. The molecular weight excluding hydrogens is 615 g/mol. The van der Waals surface area contributed by atoms with Crippen LogP contribution in [0.1, 0.15) is 0 Å². The number of nitrogens with zero attached hydrogens (tertiary/aromatic N) is 1. The molecule has 0 spiro atoms. The van der Waals surface area contributed by atoms with E-state index in [1.807, 2.05) is 0 Å². The summed E-state index contributed by atoms with van der Waals surface area (Å²) >= 11 is 0. The summed E-state index contributed by atoms with van der Waals surface area (Å²) in [7, 11) is 0. The van der Waals surface area contributed by atoms with Crippen LogP contribution in [0, 0.1) is 0 Å². The van der Waals surface area contributed by atoms with E-state index in [-0.39, 0.29) is 0 Å². The van der Waals surface area contributed by atoms with Crippen molar-refractivity contribution in [1.82, 2.24) is 4.57 Å². The molecule has 0 saturated heterocycles. The number of rotatable bonds is 5. The molecule has 0 N–H and O–H groups in total. The molecule has 0 saturated carbocycles. The first kappa shape index (κ1) is 29.2. The van der Waals surface area contributed by atoms with Gasteiger partial charge in [-0.15, -0.1) is 0 Å². The van der Waals surface area contributed by atoms with Crippen LogP contribution in [-0.4, -0.2) is 4.57 Å². The van der Waals surface area contributed by atoms with Gasteiger partial charge in [0.2, 0.25) is 0 Å². The first-order valence-electron chi connectivity index (χ1n) is 17.6. The number of fused-ring (bicyclic) bond motifs is 5. The molecule has 0 unspecified atom stereocenters. The van der Waals surface area contributed by atoms with Crippen molar-refractivity contribution in [2.75, 3.05) is 0 Å². The minimum Gasteiger partial charge on any atom is -0.309 e. The van der Waals surface area contributed by atoms with Gasteiger partial charge in [-0.05, 0) is 90.3 Å². The maximum Gasteiger partial charge on any atom is 0.0541 e. The van der Waals surface area contributed by atoms with E-state index in [4.69, 9.17) is 0 Å². The van der Waals surface area contributed by atoms with Gasteiger partial charge in [0.05, 0.1) is 11.0 Å². The standard InChI is InChI=1S/C50H33N/c1-2-12-34(13-3-1)35-22-24-36(25-23-35)37-26-28-38(29-27-37)49-43-16-4-6-18-45(43)50(46-19-7-5-17-44(46)49)39-30-32-40(33-31-39)51-47-20-10-8-14-41(47)42-15-9-11-21-48(42)51/h1-33H. The highest BCUT2D eigenvalue weighted by Crippen LogP contribution is 2.44. The molecular formula is C50H33N. The van der Waals surface area contributed by atoms with Gasteiger partial charge in [0.25, 0.3) is 0 Å². The van der Waals surface area contributed by atoms with Gasteiger partial charge in [-0.1, -0.05) is 176 Å². The molecule has 1 nitrogen and oxygen atoms in total. The Bertz CT molecular complexity index is 2750. The quantitative estimate of drug-likeness (QED) is 0.164. The van der Waals surface area contributed by atoms with Crippen LogP contribution < -0.4 is 0 Å². The molecule has 0 aliphatic carbocycles. The number of aromatic nitrogens is 1. The summed E-state index contributed by atoms with van der Waals surface area (Å²) in [4.78, 5) is 0. The van der Waals surface area contributed by atoms with E-state index in [9.17, 15) is 0 Å². The highest BCUT2D eigenvalue weighted by Gasteiger charge is 2.17. The first-order chi connectivity index (χ1) is 25.3. The Morgan fingerprint density at radius 1 is 0.216 bits per heavy atom. The number of para-hydroxylation sites is 2. The van der Waals surface area contributed by atoms with Crippen molar-refractivity contribution in [3.05, 3.63) is 200 Å². The van der Waals surface area contributed by atoms with Crippen molar-refractivity contribution < 1.29 is 0 Å². The van der Waals surface area contributed by atoms with Crippen LogP contribution in [0.3, 0.4) is 0 Å². The zero-order valence-corrected chi connectivity index (χ0v) is 28.0. The highest BCUT2D eigenvalue weighted by molar-refractivity contribution is 6.21. The Kier molecular flexibility index (Phi) is 6.89. The molecule has 0 aliphatic heterocycles. The maximum atomic E-state index is 2.38. The summed E-state index contributed by atoms with van der Waals surface area (Å²) < 4.78 is 2.38. The summed E-state index contributed by atoms with van der Waals surface area (Å²) in [6.45, 7) is 0. The van der Waals surface area contributed by atoms with E-state index < -0.39 is 0 Å². The Morgan fingerprint density at radius 3 is 0.922 bits per heavy atom. The van der Waals surface area contributed by atoms with Crippen LogP contribution in [-0.2, 0) is 0 Å². The van der Waals surface area contributed by atoms with Gasteiger partial charge in [-0.3, -0.25) is 0 Å². The lowest BCUT2D eigenvalue weighted by atomic mass is 9.85. The fraction of sp³-hybridized carbons (Fsp3) is 0. The second kappa shape index (κ2) is 12.0. The molecule has 51 heavy (non-hydrogen) atoms. The van der Waals surface area contributed by atoms with Crippen molar-refractivity contribution in [3.63, 3.8) is 0 Å². The summed E-state index contributed by atoms with van der Waals surface area (Å²) in [5.74, 6) is 0. The largest absolute Gasteiger partial charge is 0.309 e. The molecule has 0 atom stereocenters. The smallest absolute Gasteiger partial charge is 0.0541 e. The molecule has 0 bridgehead atoms. The zero-order chi connectivity index (χ0) is 33.7. The maximum absolute atomic E-state index is 2.38. The van der Waals surface area contributed by atoms with Crippen LogP contribution in [0.25, 0.3) is 93.5 Å². The Morgan fingerprint density at radius 2 is 0.510 bits per heavy atom. The van der Waals surface area contributed by atoms with Crippen LogP contribution in [0.2, 0.25) is 0 Å². The van der Waals surface area contributed by atoms with E-state index in [1.54, 1.807) is 0 Å². The van der Waals surface area contributed by atoms with Crippen molar-refractivity contribution in [2.45, 2.75) is 0 Å². The van der Waals surface area contributed by atoms with Crippen molar-refractivity contribution in [2.24, 2.45) is 0 Å². The Hall–Kier alpha value is -6.70. The first-order valence-corrected chi connectivity index (χ1v) is 17.6. The van der Waals surface area contributed by atoms with Gasteiger partial charge < -0.3 is 4.57 Å². The van der Waals surface area contributed by atoms with Gasteiger partial charge in [-0.25, -0.2) is 0 Å². The number of hydrogen-bond donors (Lipinski definition) is 0. The van der Waals surface area contributed by atoms with Gasteiger partial charge >= 0.3 is 0 Å². The van der Waals surface area contributed by atoms with Crippen LogP contribution in [0.15, 0.2) is 200 Å². The summed E-state index contributed by atoms with van der Waals surface area (Å²) in [6, 6.07) is 72.9. The van der Waals surface area contributed by atoms with E-state index in [0.29, 0.717) is 0 Å². The molecule has 0 amide bonds. The van der Waals surface area contributed by atoms with Crippen LogP contribution >= 0.6 is 0 Å². The van der Waals surface area contributed by atoms with Gasteiger partial charge in [-0.2, -0.15) is 0 Å². The fourth-order valence-corrected chi connectivity index (χ4v) is 8.04. The topological polar surface area (TPSA) is 4.93 Å². The normalized spacial score (nSPS) is 11.5. The van der Waals surface area contributed by atoms with Gasteiger partial charge in [0, 0.05) is 16.5 Å².